The summed E-state index contributed by atoms with van der Waals surface area (Å²) in [6.45, 7) is 0.00793. The molecule has 102 valence electrons. The second-order valence-corrected chi connectivity index (χ2v) is 3.82. The number of nitrogens with one attached hydrogen (secondary N) is 1. The Morgan fingerprint density at radius 2 is 1.89 bits per heavy atom. The number of rotatable bonds is 6. The van der Waals surface area contributed by atoms with Crippen LogP contribution in [-0.2, 0) is 16.1 Å². The third kappa shape index (κ3) is 5.89. The van der Waals surface area contributed by atoms with Gasteiger partial charge in [-0.2, -0.15) is 0 Å². The number of carboxylic acid groups (broad SMARTS) is 1. The zero-order valence-corrected chi connectivity index (χ0v) is 10.0. The molecule has 0 fully saturated rings. The Kier molecular flexibility index (Phi) is 5.84. The molecule has 7 nitrogen and oxygen atoms in total. The summed E-state index contributed by atoms with van der Waals surface area (Å²) in [5, 5.41) is 28.4. The van der Waals surface area contributed by atoms with Crippen LogP contribution in [0.15, 0.2) is 30.3 Å². The van der Waals surface area contributed by atoms with E-state index in [9.17, 15) is 9.59 Å². The third-order valence-corrected chi connectivity index (χ3v) is 2.27. The zero-order chi connectivity index (χ0) is 14.3. The molecular weight excluding hydrogens is 253 g/mol. The zero-order valence-electron chi connectivity index (χ0n) is 10.0. The van der Waals surface area contributed by atoms with Crippen molar-refractivity contribution in [3.05, 3.63) is 35.9 Å². The molecule has 1 amide bonds. The maximum absolute atomic E-state index is 11.4. The van der Waals surface area contributed by atoms with Crippen molar-refractivity contribution in [2.24, 2.45) is 0 Å². The number of hydrogen-bond donors (Lipinski definition) is 4. The summed E-state index contributed by atoms with van der Waals surface area (Å²) >= 11 is 0. The first-order valence-corrected chi connectivity index (χ1v) is 5.54. The summed E-state index contributed by atoms with van der Waals surface area (Å²) in [5.41, 5.74) is 0.761. The van der Waals surface area contributed by atoms with Gasteiger partial charge in [0.1, 0.15) is 6.61 Å². The van der Waals surface area contributed by atoms with Crippen molar-refractivity contribution in [2.45, 2.75) is 19.0 Å². The number of benzene rings is 1. The molecule has 1 aromatic carbocycles. The van der Waals surface area contributed by atoms with Crippen LogP contribution in [-0.4, -0.2) is 40.3 Å². The van der Waals surface area contributed by atoms with Crippen molar-refractivity contribution in [1.29, 1.82) is 0 Å². The molecule has 0 saturated heterocycles. The van der Waals surface area contributed by atoms with Gasteiger partial charge in [0.15, 0.2) is 0 Å². The lowest BCUT2D eigenvalue weighted by Crippen LogP contribution is -2.47. The predicted molar refractivity (Wildman–Crippen MR) is 66.0 cm³/mol. The minimum Gasteiger partial charge on any atom is -0.481 e. The number of amides is 1. The first-order chi connectivity index (χ1) is 8.99. The number of alkyl carbamates (subject to hydrolysis) is 1. The van der Waals surface area contributed by atoms with Gasteiger partial charge in [-0.25, -0.2) is 4.79 Å². The van der Waals surface area contributed by atoms with E-state index in [0.717, 1.165) is 5.56 Å². The molecule has 0 bridgehead atoms. The molecule has 19 heavy (non-hydrogen) atoms. The molecule has 1 unspecified atom stereocenters. The van der Waals surface area contributed by atoms with Crippen LogP contribution in [0.3, 0.4) is 0 Å². The van der Waals surface area contributed by atoms with Crippen molar-refractivity contribution in [2.75, 3.05) is 0 Å². The van der Waals surface area contributed by atoms with E-state index in [-0.39, 0.29) is 6.61 Å². The Bertz CT molecular complexity index is 424. The predicted octanol–water partition coefficient (Wildman–Crippen LogP) is -0.232. The molecule has 0 spiro atoms. The van der Waals surface area contributed by atoms with Gasteiger partial charge in [0.05, 0.1) is 12.4 Å². The van der Waals surface area contributed by atoms with E-state index in [1.807, 2.05) is 6.07 Å². The first-order valence-electron chi connectivity index (χ1n) is 5.54. The normalized spacial score (nSPS) is 11.5. The summed E-state index contributed by atoms with van der Waals surface area (Å²) < 4.78 is 4.83. The Balaban J connectivity index is 2.42. The summed E-state index contributed by atoms with van der Waals surface area (Å²) in [6, 6.07) is 8.88. The molecule has 0 aliphatic rings. The van der Waals surface area contributed by atoms with Gasteiger partial charge < -0.3 is 25.2 Å². The Morgan fingerprint density at radius 3 is 2.42 bits per heavy atom. The van der Waals surface area contributed by atoms with Gasteiger partial charge in [-0.1, -0.05) is 30.3 Å². The van der Waals surface area contributed by atoms with E-state index in [1.54, 1.807) is 24.3 Å². The smallest absolute Gasteiger partial charge is 0.476 e. The van der Waals surface area contributed by atoms with Gasteiger partial charge in [0.25, 0.3) is 0 Å². The maximum Gasteiger partial charge on any atom is 0.476 e. The van der Waals surface area contributed by atoms with E-state index >= 15 is 0 Å². The number of carbonyl (C=O) groups is 2. The average Bonchev–Trinajstić information content (AvgIpc) is 2.36. The highest BCUT2D eigenvalue weighted by Crippen LogP contribution is 2.01. The van der Waals surface area contributed by atoms with E-state index in [4.69, 9.17) is 19.9 Å². The maximum atomic E-state index is 11.4. The Morgan fingerprint density at radius 1 is 1.26 bits per heavy atom. The van der Waals surface area contributed by atoms with Crippen molar-refractivity contribution in [3.63, 3.8) is 0 Å². The van der Waals surface area contributed by atoms with Crippen molar-refractivity contribution >= 4 is 19.2 Å². The fourth-order valence-corrected chi connectivity index (χ4v) is 1.34. The van der Waals surface area contributed by atoms with Gasteiger partial charge in [-0.05, 0) is 5.56 Å². The fraction of sp³-hybridized carbons (Fsp3) is 0.273. The van der Waals surface area contributed by atoms with Crippen LogP contribution in [0, 0.1) is 0 Å². The summed E-state index contributed by atoms with van der Waals surface area (Å²) in [4.78, 5) is 21.8. The molecule has 0 aromatic heterocycles. The lowest BCUT2D eigenvalue weighted by atomic mass is 9.77. The minimum absolute atomic E-state index is 0.00793. The molecule has 0 saturated carbocycles. The van der Waals surface area contributed by atoms with Crippen LogP contribution in [0.25, 0.3) is 0 Å². The highest BCUT2D eigenvalue weighted by molar-refractivity contribution is 6.44. The van der Waals surface area contributed by atoms with E-state index in [1.165, 1.54) is 0 Å². The Hall–Kier alpha value is -2.06. The lowest BCUT2D eigenvalue weighted by molar-refractivity contribution is -0.137. The Labute approximate surface area is 110 Å². The van der Waals surface area contributed by atoms with Crippen LogP contribution in [0.5, 0.6) is 0 Å². The van der Waals surface area contributed by atoms with Crippen molar-refractivity contribution < 1.29 is 29.5 Å². The molecule has 0 heterocycles. The average molecular weight is 267 g/mol. The largest absolute Gasteiger partial charge is 0.481 e. The number of ether oxygens (including phenoxy) is 1. The van der Waals surface area contributed by atoms with Gasteiger partial charge in [0, 0.05) is 0 Å². The first kappa shape index (κ1) is 15.0. The monoisotopic (exact) mass is 267 g/mol. The second-order valence-electron chi connectivity index (χ2n) is 3.82. The van der Waals surface area contributed by atoms with Crippen LogP contribution >= 0.6 is 0 Å². The van der Waals surface area contributed by atoms with Crippen LogP contribution in [0.4, 0.5) is 4.79 Å². The van der Waals surface area contributed by atoms with E-state index in [0.29, 0.717) is 0 Å². The molecule has 1 atom stereocenters. The molecule has 8 heteroatoms. The molecule has 1 aromatic rings. The molecule has 0 aliphatic heterocycles. The van der Waals surface area contributed by atoms with Crippen LogP contribution in [0.1, 0.15) is 12.0 Å². The molecule has 4 N–H and O–H groups in total. The highest BCUT2D eigenvalue weighted by Gasteiger charge is 2.28. The highest BCUT2D eigenvalue weighted by atomic mass is 16.5. The topological polar surface area (TPSA) is 116 Å². The number of aliphatic carboxylic acids is 1. The van der Waals surface area contributed by atoms with Gasteiger partial charge in [-0.15, -0.1) is 0 Å². The minimum atomic E-state index is -1.97. The van der Waals surface area contributed by atoms with Crippen LogP contribution < -0.4 is 5.32 Å². The summed E-state index contributed by atoms with van der Waals surface area (Å²) in [7, 11) is -1.97. The number of carboxylic acids is 1. The van der Waals surface area contributed by atoms with Crippen molar-refractivity contribution in [1.82, 2.24) is 5.32 Å². The fourth-order valence-electron chi connectivity index (χ4n) is 1.34. The SMILES string of the molecule is O=C(O)CC(NC(=O)OCc1ccccc1)B(O)O. The van der Waals surface area contributed by atoms with Gasteiger partial charge >= 0.3 is 19.2 Å². The number of hydrogen-bond acceptors (Lipinski definition) is 5. The third-order valence-electron chi connectivity index (χ3n) is 2.27. The van der Waals surface area contributed by atoms with E-state index < -0.39 is 31.5 Å². The standard InChI is InChI=1S/C11H14BNO6/c14-10(15)6-9(12(17)18)13-11(16)19-7-8-4-2-1-3-5-8/h1-5,9,17-18H,6-7H2,(H,13,16)(H,14,15). The van der Waals surface area contributed by atoms with Gasteiger partial charge in [-0.3, -0.25) is 4.79 Å². The van der Waals surface area contributed by atoms with Crippen LogP contribution in [0.2, 0.25) is 0 Å². The van der Waals surface area contributed by atoms with Gasteiger partial charge in [0.2, 0.25) is 0 Å². The second kappa shape index (κ2) is 7.40. The molecule has 0 aliphatic carbocycles. The number of carbonyl (C=O) groups excluding carboxylic acids is 1. The molecule has 0 radical (unpaired) electrons. The van der Waals surface area contributed by atoms with Crippen molar-refractivity contribution in [3.8, 4) is 0 Å². The summed E-state index contributed by atoms with van der Waals surface area (Å²) in [5.74, 6) is -2.58. The molecular formula is C11H14BNO6. The van der Waals surface area contributed by atoms with E-state index in [2.05, 4.69) is 5.32 Å². The molecule has 1 rings (SSSR count). The quantitative estimate of drug-likeness (QED) is 0.529. The summed E-state index contributed by atoms with van der Waals surface area (Å²) in [6.07, 6.45) is -1.53. The lowest BCUT2D eigenvalue weighted by Gasteiger charge is -2.15.